The summed E-state index contributed by atoms with van der Waals surface area (Å²) < 4.78 is 17.0. The number of nitrogens with one attached hydrogen (secondary N) is 2. The predicted octanol–water partition coefficient (Wildman–Crippen LogP) is 3.24. The molecule has 3 fully saturated rings. The molecule has 3 atom stereocenters. The smallest absolute Gasteiger partial charge is 0.191 e. The van der Waals surface area contributed by atoms with E-state index in [0.717, 1.165) is 63.7 Å². The third kappa shape index (κ3) is 5.17. The molecule has 1 aromatic rings. The van der Waals surface area contributed by atoms with Crippen molar-refractivity contribution in [2.24, 2.45) is 4.99 Å². The van der Waals surface area contributed by atoms with Gasteiger partial charge in [-0.05, 0) is 56.7 Å². The number of hydrogen-bond acceptors (Lipinski definition) is 4. The van der Waals surface area contributed by atoms with E-state index in [1.165, 1.54) is 12.0 Å². The molecule has 3 heterocycles. The molecule has 0 aliphatic carbocycles. The van der Waals surface area contributed by atoms with Crippen molar-refractivity contribution in [3.05, 3.63) is 29.8 Å². The van der Waals surface area contributed by atoms with Gasteiger partial charge in [-0.1, -0.05) is 12.1 Å². The van der Waals surface area contributed by atoms with Crippen molar-refractivity contribution in [1.29, 1.82) is 0 Å². The second kappa shape index (κ2) is 10.3. The molecule has 0 radical (unpaired) electrons. The fourth-order valence-electron chi connectivity index (χ4n) is 4.76. The number of rotatable bonds is 6. The first-order valence-corrected chi connectivity index (χ1v) is 10.6. The van der Waals surface area contributed by atoms with Gasteiger partial charge >= 0.3 is 0 Å². The lowest BCUT2D eigenvalue weighted by Crippen LogP contribution is -2.48. The average molecular weight is 515 g/mol. The van der Waals surface area contributed by atoms with Crippen LogP contribution in [0.4, 0.5) is 0 Å². The third-order valence-corrected chi connectivity index (χ3v) is 6.46. The summed E-state index contributed by atoms with van der Waals surface area (Å²) in [5, 5.41) is 7.07. The molecule has 3 aliphatic heterocycles. The van der Waals surface area contributed by atoms with E-state index in [0.29, 0.717) is 18.2 Å². The van der Waals surface area contributed by atoms with E-state index in [1.54, 1.807) is 7.11 Å². The van der Waals surface area contributed by atoms with E-state index in [9.17, 15) is 0 Å². The van der Waals surface area contributed by atoms with E-state index in [4.69, 9.17) is 19.2 Å². The van der Waals surface area contributed by atoms with Crippen LogP contribution in [0.2, 0.25) is 0 Å². The van der Waals surface area contributed by atoms with Gasteiger partial charge in [-0.15, -0.1) is 24.0 Å². The van der Waals surface area contributed by atoms with Crippen molar-refractivity contribution in [3.63, 3.8) is 0 Å². The molecule has 0 saturated carbocycles. The van der Waals surface area contributed by atoms with Crippen LogP contribution in [0.5, 0.6) is 5.75 Å². The third-order valence-electron chi connectivity index (χ3n) is 6.46. The van der Waals surface area contributed by atoms with Gasteiger partial charge in [0.2, 0.25) is 0 Å². The fraction of sp³-hybridized carbons (Fsp3) is 0.682. The molecule has 2 bridgehead atoms. The Hall–Kier alpha value is -1.06. The SMILES string of the molecule is CCNC(=NCC1(c2ccc(OC)cc2)CCOCC1)NC1CC2CCC1O2.I. The average Bonchev–Trinajstić information content (AvgIpc) is 3.36. The van der Waals surface area contributed by atoms with Gasteiger partial charge in [0.25, 0.3) is 0 Å². The highest BCUT2D eigenvalue weighted by atomic mass is 127. The number of fused-ring (bicyclic) bond motifs is 2. The van der Waals surface area contributed by atoms with Gasteiger partial charge in [-0.3, -0.25) is 4.99 Å². The first kappa shape index (κ1) is 22.6. The second-order valence-electron chi connectivity index (χ2n) is 8.18. The molecular weight excluding hydrogens is 481 g/mol. The van der Waals surface area contributed by atoms with Crippen LogP contribution in [-0.2, 0) is 14.9 Å². The van der Waals surface area contributed by atoms with E-state index in [-0.39, 0.29) is 29.4 Å². The van der Waals surface area contributed by atoms with Crippen LogP contribution >= 0.6 is 24.0 Å². The minimum atomic E-state index is 0. The molecule has 162 valence electrons. The molecule has 29 heavy (non-hydrogen) atoms. The van der Waals surface area contributed by atoms with Gasteiger partial charge in [-0.25, -0.2) is 0 Å². The fourth-order valence-corrected chi connectivity index (χ4v) is 4.76. The first-order chi connectivity index (χ1) is 13.7. The number of benzene rings is 1. The molecule has 6 nitrogen and oxygen atoms in total. The Morgan fingerprint density at radius 2 is 1.97 bits per heavy atom. The summed E-state index contributed by atoms with van der Waals surface area (Å²) >= 11 is 0. The van der Waals surface area contributed by atoms with Gasteiger partial charge in [-0.2, -0.15) is 0 Å². The molecular formula is C22H34IN3O3. The Morgan fingerprint density at radius 3 is 2.55 bits per heavy atom. The minimum absolute atomic E-state index is 0. The van der Waals surface area contributed by atoms with E-state index in [2.05, 4.69) is 29.7 Å². The minimum Gasteiger partial charge on any atom is -0.497 e. The Bertz CT molecular complexity index is 676. The van der Waals surface area contributed by atoms with Gasteiger partial charge in [0, 0.05) is 25.2 Å². The zero-order valence-electron chi connectivity index (χ0n) is 17.5. The van der Waals surface area contributed by atoms with Gasteiger partial charge < -0.3 is 24.8 Å². The van der Waals surface area contributed by atoms with Crippen LogP contribution in [0.3, 0.4) is 0 Å². The second-order valence-corrected chi connectivity index (χ2v) is 8.18. The zero-order valence-corrected chi connectivity index (χ0v) is 19.8. The Kier molecular flexibility index (Phi) is 8.04. The normalized spacial score (nSPS) is 27.9. The lowest BCUT2D eigenvalue weighted by Gasteiger charge is -2.37. The predicted molar refractivity (Wildman–Crippen MR) is 126 cm³/mol. The standard InChI is InChI=1S/C22H33N3O3.HI/c1-3-23-21(25-19-14-18-8-9-20(19)28-18)24-15-22(10-12-27-13-11-22)16-4-6-17(26-2)7-5-16;/h4-7,18-20H,3,8-15H2,1-2H3,(H2,23,24,25);1H. The van der Waals surface area contributed by atoms with Crippen LogP contribution in [0.1, 0.15) is 44.6 Å². The number of methoxy groups -OCH3 is 1. The van der Waals surface area contributed by atoms with Crippen molar-refractivity contribution < 1.29 is 14.2 Å². The highest BCUT2D eigenvalue weighted by molar-refractivity contribution is 14.0. The van der Waals surface area contributed by atoms with Crippen molar-refractivity contribution in [2.45, 2.75) is 62.7 Å². The largest absolute Gasteiger partial charge is 0.497 e. The Morgan fingerprint density at radius 1 is 1.21 bits per heavy atom. The van der Waals surface area contributed by atoms with Crippen LogP contribution in [0.15, 0.2) is 29.3 Å². The van der Waals surface area contributed by atoms with E-state index < -0.39 is 0 Å². The lowest BCUT2D eigenvalue weighted by atomic mass is 9.74. The van der Waals surface area contributed by atoms with Crippen molar-refractivity contribution >= 4 is 29.9 Å². The summed E-state index contributed by atoms with van der Waals surface area (Å²) in [6, 6.07) is 8.84. The summed E-state index contributed by atoms with van der Waals surface area (Å²) in [4.78, 5) is 5.03. The number of halogens is 1. The summed E-state index contributed by atoms with van der Waals surface area (Å²) in [6.07, 6.45) is 6.20. The molecule has 2 N–H and O–H groups in total. The summed E-state index contributed by atoms with van der Waals surface area (Å²) in [6.45, 7) is 5.28. The highest BCUT2D eigenvalue weighted by Gasteiger charge is 2.41. The van der Waals surface area contributed by atoms with Crippen LogP contribution in [0.25, 0.3) is 0 Å². The number of ether oxygens (including phenoxy) is 3. The van der Waals surface area contributed by atoms with Gasteiger partial charge in [0.1, 0.15) is 5.75 Å². The number of hydrogen-bond donors (Lipinski definition) is 2. The maximum absolute atomic E-state index is 6.00. The topological polar surface area (TPSA) is 64.1 Å². The lowest BCUT2D eigenvalue weighted by molar-refractivity contribution is 0.0530. The van der Waals surface area contributed by atoms with Crippen molar-refractivity contribution in [1.82, 2.24) is 10.6 Å². The summed E-state index contributed by atoms with van der Waals surface area (Å²) in [5.74, 6) is 1.80. The molecule has 3 saturated heterocycles. The Labute approximate surface area is 191 Å². The molecule has 4 rings (SSSR count). The molecule has 3 unspecified atom stereocenters. The monoisotopic (exact) mass is 515 g/mol. The summed E-state index contributed by atoms with van der Waals surface area (Å²) in [7, 11) is 1.71. The Balaban J connectivity index is 0.00000240. The van der Waals surface area contributed by atoms with Gasteiger partial charge in [0.05, 0.1) is 31.9 Å². The molecule has 1 aromatic carbocycles. The molecule has 7 heteroatoms. The quantitative estimate of drug-likeness (QED) is 0.346. The first-order valence-electron chi connectivity index (χ1n) is 10.6. The number of guanidine groups is 1. The zero-order chi connectivity index (χ0) is 19.4. The summed E-state index contributed by atoms with van der Waals surface area (Å²) in [5.41, 5.74) is 1.33. The molecule has 0 aromatic heterocycles. The molecule has 0 spiro atoms. The van der Waals surface area contributed by atoms with E-state index >= 15 is 0 Å². The molecule has 0 amide bonds. The van der Waals surface area contributed by atoms with Crippen molar-refractivity contribution in [3.8, 4) is 5.75 Å². The number of nitrogens with zero attached hydrogens (tertiary/aromatic N) is 1. The highest BCUT2D eigenvalue weighted by Crippen LogP contribution is 2.36. The number of aliphatic imine (C=N–C) groups is 1. The van der Waals surface area contributed by atoms with E-state index in [1.807, 2.05) is 12.1 Å². The maximum Gasteiger partial charge on any atom is 0.191 e. The van der Waals surface area contributed by atoms with Crippen LogP contribution in [-0.4, -0.2) is 57.6 Å². The van der Waals surface area contributed by atoms with Crippen LogP contribution < -0.4 is 15.4 Å². The van der Waals surface area contributed by atoms with Crippen molar-refractivity contribution in [2.75, 3.05) is 33.4 Å². The maximum atomic E-state index is 6.00. The van der Waals surface area contributed by atoms with Gasteiger partial charge in [0.15, 0.2) is 5.96 Å². The molecule has 3 aliphatic rings. The van der Waals surface area contributed by atoms with Crippen LogP contribution in [0, 0.1) is 0 Å².